The van der Waals surface area contributed by atoms with E-state index in [9.17, 15) is 0 Å². The Morgan fingerprint density at radius 1 is 1.15 bits per heavy atom. The molecule has 0 aliphatic heterocycles. The Kier molecular flexibility index (Phi) is 8.44. The number of nitrogens with one attached hydrogen (secondary N) is 1. The molecular formula is C12H21Cl3N4S. The van der Waals surface area contributed by atoms with E-state index in [1.165, 1.54) is 30.9 Å². The van der Waals surface area contributed by atoms with Crippen LogP contribution < -0.4 is 5.32 Å². The molecule has 0 spiro atoms. The number of hydrogen-bond acceptors (Lipinski definition) is 5. The van der Waals surface area contributed by atoms with Crippen LogP contribution in [0.4, 0.5) is 5.13 Å². The molecule has 20 heavy (non-hydrogen) atoms. The average molecular weight is 360 g/mol. The van der Waals surface area contributed by atoms with Gasteiger partial charge in [-0.15, -0.1) is 0 Å². The number of anilines is 1. The molecule has 1 heterocycles. The van der Waals surface area contributed by atoms with Crippen molar-refractivity contribution in [3.63, 3.8) is 0 Å². The van der Waals surface area contributed by atoms with Crippen LogP contribution in [0.15, 0.2) is 0 Å². The molecule has 1 rings (SSSR count). The lowest BCUT2D eigenvalue weighted by Gasteiger charge is -2.17. The molecule has 4 nitrogen and oxygen atoms in total. The summed E-state index contributed by atoms with van der Waals surface area (Å²) in [5, 5.41) is 3.91. The minimum atomic E-state index is -1.54. The van der Waals surface area contributed by atoms with Crippen LogP contribution >= 0.6 is 46.3 Å². The van der Waals surface area contributed by atoms with Crippen LogP contribution in [0.1, 0.15) is 38.9 Å². The second-order valence-corrected chi connectivity index (χ2v) is 7.47. The van der Waals surface area contributed by atoms with Gasteiger partial charge in [-0.3, -0.25) is 0 Å². The van der Waals surface area contributed by atoms with E-state index >= 15 is 0 Å². The predicted molar refractivity (Wildman–Crippen MR) is 89.3 cm³/mol. The first-order valence-electron chi connectivity index (χ1n) is 6.84. The van der Waals surface area contributed by atoms with Crippen LogP contribution in [-0.4, -0.2) is 40.4 Å². The number of aromatic nitrogens is 2. The minimum absolute atomic E-state index is 0.233. The molecule has 0 saturated heterocycles. The predicted octanol–water partition coefficient (Wildman–Crippen LogP) is 4.29. The first-order valence-corrected chi connectivity index (χ1v) is 8.75. The van der Waals surface area contributed by atoms with Crippen LogP contribution in [0.5, 0.6) is 0 Å². The van der Waals surface area contributed by atoms with Gasteiger partial charge in [-0.25, -0.2) is 0 Å². The number of unbranched alkanes of at least 4 members (excludes halogenated alkanes) is 2. The van der Waals surface area contributed by atoms with E-state index in [1.807, 2.05) is 0 Å². The summed E-state index contributed by atoms with van der Waals surface area (Å²) >= 11 is 18.4. The van der Waals surface area contributed by atoms with Crippen LogP contribution in [0, 0.1) is 0 Å². The number of nitrogens with zero attached hydrogens (tertiary/aromatic N) is 3. The van der Waals surface area contributed by atoms with Gasteiger partial charge in [-0.05, 0) is 32.5 Å². The minimum Gasteiger partial charge on any atom is -0.360 e. The first kappa shape index (κ1) is 18.2. The zero-order chi connectivity index (χ0) is 15.0. The molecule has 1 aromatic heterocycles. The van der Waals surface area contributed by atoms with E-state index in [0.29, 0.717) is 5.13 Å². The van der Waals surface area contributed by atoms with E-state index in [0.717, 1.165) is 26.1 Å². The van der Waals surface area contributed by atoms with Gasteiger partial charge in [-0.2, -0.15) is 9.36 Å². The Bertz CT molecular complexity index is 377. The van der Waals surface area contributed by atoms with E-state index in [-0.39, 0.29) is 5.82 Å². The zero-order valence-electron chi connectivity index (χ0n) is 11.8. The van der Waals surface area contributed by atoms with Crippen molar-refractivity contribution in [2.24, 2.45) is 0 Å². The smallest absolute Gasteiger partial charge is 0.251 e. The molecule has 0 atom stereocenters. The molecule has 116 valence electrons. The fourth-order valence-electron chi connectivity index (χ4n) is 1.78. The third-order valence-corrected chi connectivity index (χ3v) is 4.18. The summed E-state index contributed by atoms with van der Waals surface area (Å²) < 4.78 is 2.47. The zero-order valence-corrected chi connectivity index (χ0v) is 14.9. The van der Waals surface area contributed by atoms with Gasteiger partial charge in [0, 0.05) is 18.1 Å². The monoisotopic (exact) mass is 358 g/mol. The van der Waals surface area contributed by atoms with Gasteiger partial charge in [0.05, 0.1) is 0 Å². The molecular weight excluding hydrogens is 339 g/mol. The molecule has 1 N–H and O–H groups in total. The fraction of sp³-hybridized carbons (Fsp3) is 0.833. The van der Waals surface area contributed by atoms with Crippen molar-refractivity contribution in [1.29, 1.82) is 0 Å². The maximum atomic E-state index is 5.71. The summed E-state index contributed by atoms with van der Waals surface area (Å²) in [4.78, 5) is 6.58. The molecule has 8 heteroatoms. The van der Waals surface area contributed by atoms with E-state index < -0.39 is 3.79 Å². The van der Waals surface area contributed by atoms with Crippen molar-refractivity contribution in [1.82, 2.24) is 14.3 Å². The van der Waals surface area contributed by atoms with E-state index in [4.69, 9.17) is 34.8 Å². The van der Waals surface area contributed by atoms with Crippen molar-refractivity contribution in [2.45, 2.75) is 36.9 Å². The van der Waals surface area contributed by atoms with Gasteiger partial charge in [0.2, 0.25) is 5.13 Å². The molecule has 0 aliphatic rings. The molecule has 0 radical (unpaired) electrons. The number of rotatable bonds is 9. The molecule has 0 fully saturated rings. The van der Waals surface area contributed by atoms with E-state index in [1.54, 1.807) is 0 Å². The Morgan fingerprint density at radius 2 is 1.85 bits per heavy atom. The summed E-state index contributed by atoms with van der Waals surface area (Å²) in [7, 11) is 0. The lowest BCUT2D eigenvalue weighted by molar-refractivity contribution is 0.296. The average Bonchev–Trinajstić information content (AvgIpc) is 2.87. The fourth-order valence-corrected chi connectivity index (χ4v) is 2.83. The van der Waals surface area contributed by atoms with E-state index in [2.05, 4.69) is 33.4 Å². The van der Waals surface area contributed by atoms with Gasteiger partial charge >= 0.3 is 0 Å². The van der Waals surface area contributed by atoms with Crippen LogP contribution in [0.25, 0.3) is 0 Å². The maximum absolute atomic E-state index is 5.71. The highest BCUT2D eigenvalue weighted by molar-refractivity contribution is 7.09. The maximum Gasteiger partial charge on any atom is 0.251 e. The Hall–Kier alpha value is 0.190. The quantitative estimate of drug-likeness (QED) is 0.527. The Balaban J connectivity index is 2.14. The van der Waals surface area contributed by atoms with Crippen molar-refractivity contribution < 1.29 is 0 Å². The standard InChI is InChI=1S/C12H21Cl3N4S/c1-3-19(4-2)9-7-5-6-8-16-11-17-10(18-20-11)12(13,14)15/h3-9H2,1-2H3,(H,16,17,18). The van der Waals surface area contributed by atoms with Crippen LogP contribution in [-0.2, 0) is 3.79 Å². The van der Waals surface area contributed by atoms with Crippen molar-refractivity contribution in [3.8, 4) is 0 Å². The molecule has 0 aliphatic carbocycles. The summed E-state index contributed by atoms with van der Waals surface area (Å²) in [6, 6.07) is 0. The molecule has 0 amide bonds. The normalized spacial score (nSPS) is 12.1. The molecule has 0 aromatic carbocycles. The topological polar surface area (TPSA) is 41.0 Å². The number of hydrogen-bond donors (Lipinski definition) is 1. The number of halogens is 3. The first-order chi connectivity index (χ1) is 9.47. The summed E-state index contributed by atoms with van der Waals surface area (Å²) in [6.45, 7) is 8.68. The molecule has 0 saturated carbocycles. The van der Waals surface area contributed by atoms with Crippen LogP contribution in [0.3, 0.4) is 0 Å². The highest BCUT2D eigenvalue weighted by atomic mass is 35.6. The van der Waals surface area contributed by atoms with Crippen molar-refractivity contribution in [2.75, 3.05) is 31.5 Å². The summed E-state index contributed by atoms with van der Waals surface area (Å²) in [6.07, 6.45) is 3.52. The van der Waals surface area contributed by atoms with Gasteiger partial charge in [0.15, 0.2) is 5.82 Å². The lowest BCUT2D eigenvalue weighted by Crippen LogP contribution is -2.23. The summed E-state index contributed by atoms with van der Waals surface area (Å²) in [5.41, 5.74) is 0. The van der Waals surface area contributed by atoms with Crippen molar-refractivity contribution >= 4 is 51.5 Å². The van der Waals surface area contributed by atoms with Gasteiger partial charge in [0.1, 0.15) is 0 Å². The second kappa shape index (κ2) is 9.26. The second-order valence-electron chi connectivity index (χ2n) is 4.44. The molecule has 0 unspecified atom stereocenters. The highest BCUT2D eigenvalue weighted by Crippen LogP contribution is 2.37. The van der Waals surface area contributed by atoms with Gasteiger partial charge in [0.25, 0.3) is 3.79 Å². The third-order valence-electron chi connectivity index (χ3n) is 3.00. The van der Waals surface area contributed by atoms with Crippen molar-refractivity contribution in [3.05, 3.63) is 5.82 Å². The molecule has 1 aromatic rings. The van der Waals surface area contributed by atoms with Gasteiger partial charge in [-0.1, -0.05) is 55.1 Å². The van der Waals surface area contributed by atoms with Gasteiger partial charge < -0.3 is 10.2 Å². The summed E-state index contributed by atoms with van der Waals surface area (Å²) in [5.74, 6) is 0.233. The van der Waals surface area contributed by atoms with Crippen LogP contribution in [0.2, 0.25) is 0 Å². The highest BCUT2D eigenvalue weighted by Gasteiger charge is 2.28. The SMILES string of the molecule is CCN(CC)CCCCCNc1nc(C(Cl)(Cl)Cl)ns1. The Morgan fingerprint density at radius 3 is 2.40 bits per heavy atom. The lowest BCUT2D eigenvalue weighted by atomic mass is 10.2. The molecule has 0 bridgehead atoms. The largest absolute Gasteiger partial charge is 0.360 e. The number of alkyl halides is 3. The Labute approximate surface area is 140 Å². The third kappa shape index (κ3) is 6.76.